The summed E-state index contributed by atoms with van der Waals surface area (Å²) in [6.07, 6.45) is 7.21. The van der Waals surface area contributed by atoms with Gasteiger partial charge in [-0.05, 0) is 38.8 Å². The van der Waals surface area contributed by atoms with Gasteiger partial charge in [0.2, 0.25) is 5.89 Å². The fourth-order valence-corrected chi connectivity index (χ4v) is 3.73. The number of aromatic nitrogens is 4. The highest BCUT2D eigenvalue weighted by molar-refractivity contribution is 5.79. The van der Waals surface area contributed by atoms with Crippen molar-refractivity contribution in [2.24, 2.45) is 4.99 Å². The van der Waals surface area contributed by atoms with Crippen molar-refractivity contribution < 1.29 is 4.42 Å². The topological polar surface area (TPSA) is 93.2 Å². The summed E-state index contributed by atoms with van der Waals surface area (Å²) in [5.74, 6) is 3.57. The summed E-state index contributed by atoms with van der Waals surface area (Å²) in [6.45, 7) is 7.14. The SMILES string of the molecule is CCNC(=NCc1coc(-c2ccc(C)cc2)n1)NCCc1nnc2n1CCCCC2. The molecule has 0 saturated heterocycles. The highest BCUT2D eigenvalue weighted by atomic mass is 16.3. The standard InChI is InChI=1S/C23H31N7O/c1-3-24-23(25-13-12-21-29-28-20-7-5-4-6-14-30(20)21)26-15-19-16-31-22(27-19)18-10-8-17(2)9-11-18/h8-11,16H,3-7,12-15H2,1-2H3,(H2,24,25,26). The van der Waals surface area contributed by atoms with E-state index in [2.05, 4.69) is 61.4 Å². The average Bonchev–Trinajstić information content (AvgIpc) is 3.33. The number of guanidine groups is 1. The zero-order chi connectivity index (χ0) is 21.5. The minimum atomic E-state index is 0.449. The molecule has 0 bridgehead atoms. The molecule has 8 heteroatoms. The first kappa shape index (κ1) is 21.1. The van der Waals surface area contributed by atoms with Crippen LogP contribution in [-0.2, 0) is 25.9 Å². The van der Waals surface area contributed by atoms with Crippen LogP contribution in [0, 0.1) is 6.92 Å². The summed E-state index contributed by atoms with van der Waals surface area (Å²) in [5.41, 5.74) is 2.98. The van der Waals surface area contributed by atoms with Crippen LogP contribution in [0.2, 0.25) is 0 Å². The zero-order valence-electron chi connectivity index (χ0n) is 18.4. The summed E-state index contributed by atoms with van der Waals surface area (Å²) in [4.78, 5) is 9.22. The summed E-state index contributed by atoms with van der Waals surface area (Å²) in [6, 6.07) is 8.15. The second-order valence-corrected chi connectivity index (χ2v) is 7.88. The lowest BCUT2D eigenvalue weighted by Crippen LogP contribution is -2.38. The molecule has 1 aliphatic heterocycles. The van der Waals surface area contributed by atoms with Crippen LogP contribution < -0.4 is 10.6 Å². The third-order valence-electron chi connectivity index (χ3n) is 5.42. The Labute approximate surface area is 183 Å². The summed E-state index contributed by atoms with van der Waals surface area (Å²) >= 11 is 0. The number of hydrogen-bond acceptors (Lipinski definition) is 5. The minimum absolute atomic E-state index is 0.449. The van der Waals surface area contributed by atoms with Crippen molar-refractivity contribution in [2.75, 3.05) is 13.1 Å². The van der Waals surface area contributed by atoms with E-state index in [1.165, 1.54) is 24.8 Å². The lowest BCUT2D eigenvalue weighted by molar-refractivity contribution is 0.572. The first-order chi connectivity index (χ1) is 15.2. The van der Waals surface area contributed by atoms with Gasteiger partial charge in [0.25, 0.3) is 0 Å². The monoisotopic (exact) mass is 421 g/mol. The highest BCUT2D eigenvalue weighted by Crippen LogP contribution is 2.19. The number of oxazole rings is 1. The number of benzene rings is 1. The van der Waals surface area contributed by atoms with Crippen molar-refractivity contribution in [2.45, 2.75) is 59.0 Å². The van der Waals surface area contributed by atoms with E-state index in [9.17, 15) is 0 Å². The van der Waals surface area contributed by atoms with E-state index >= 15 is 0 Å². The average molecular weight is 422 g/mol. The van der Waals surface area contributed by atoms with Crippen LogP contribution in [0.4, 0.5) is 0 Å². The highest BCUT2D eigenvalue weighted by Gasteiger charge is 2.14. The van der Waals surface area contributed by atoms with Crippen LogP contribution in [0.5, 0.6) is 0 Å². The first-order valence-corrected chi connectivity index (χ1v) is 11.2. The molecule has 2 aromatic heterocycles. The van der Waals surface area contributed by atoms with Crippen LogP contribution in [0.1, 0.15) is 49.1 Å². The zero-order valence-corrected chi connectivity index (χ0v) is 18.4. The number of hydrogen-bond donors (Lipinski definition) is 2. The molecule has 164 valence electrons. The molecular formula is C23H31N7O. The van der Waals surface area contributed by atoms with Crippen molar-refractivity contribution in [3.8, 4) is 11.5 Å². The van der Waals surface area contributed by atoms with E-state index < -0.39 is 0 Å². The third kappa shape index (κ3) is 5.51. The molecule has 2 N–H and O–H groups in total. The largest absolute Gasteiger partial charge is 0.444 e. The number of fused-ring (bicyclic) bond motifs is 1. The maximum atomic E-state index is 5.64. The Kier molecular flexibility index (Phi) is 6.96. The van der Waals surface area contributed by atoms with Crippen molar-refractivity contribution in [1.29, 1.82) is 0 Å². The van der Waals surface area contributed by atoms with E-state index in [-0.39, 0.29) is 0 Å². The molecule has 4 rings (SSSR count). The molecule has 31 heavy (non-hydrogen) atoms. The van der Waals surface area contributed by atoms with Gasteiger partial charge in [0, 0.05) is 38.0 Å². The van der Waals surface area contributed by atoms with Crippen LogP contribution in [0.15, 0.2) is 39.9 Å². The van der Waals surface area contributed by atoms with E-state index in [1.807, 2.05) is 12.1 Å². The normalized spacial score (nSPS) is 14.2. The fourth-order valence-electron chi connectivity index (χ4n) is 3.73. The molecule has 0 unspecified atom stereocenters. The molecule has 0 radical (unpaired) electrons. The van der Waals surface area contributed by atoms with Crippen molar-refractivity contribution in [1.82, 2.24) is 30.4 Å². The maximum absolute atomic E-state index is 5.64. The summed E-state index contributed by atoms with van der Waals surface area (Å²) in [7, 11) is 0. The van der Waals surface area contributed by atoms with Crippen LogP contribution in [0.3, 0.4) is 0 Å². The third-order valence-corrected chi connectivity index (χ3v) is 5.42. The van der Waals surface area contributed by atoms with E-state index in [1.54, 1.807) is 6.26 Å². The number of aryl methyl sites for hydroxylation is 2. The summed E-state index contributed by atoms with van der Waals surface area (Å²) in [5, 5.41) is 15.5. The quantitative estimate of drug-likeness (QED) is 0.449. The predicted molar refractivity (Wildman–Crippen MR) is 121 cm³/mol. The summed E-state index contributed by atoms with van der Waals surface area (Å²) < 4.78 is 7.93. The number of aliphatic imine (C=N–C) groups is 1. The lowest BCUT2D eigenvalue weighted by atomic mass is 10.1. The molecule has 3 heterocycles. The molecule has 1 aromatic carbocycles. The van der Waals surface area contributed by atoms with E-state index in [0.717, 1.165) is 61.3 Å². The van der Waals surface area contributed by atoms with Crippen LogP contribution >= 0.6 is 0 Å². The predicted octanol–water partition coefficient (Wildman–Crippen LogP) is 3.27. The Morgan fingerprint density at radius 2 is 2.00 bits per heavy atom. The van der Waals surface area contributed by atoms with Gasteiger partial charge in [-0.3, -0.25) is 0 Å². The van der Waals surface area contributed by atoms with E-state index in [0.29, 0.717) is 12.4 Å². The van der Waals surface area contributed by atoms with E-state index in [4.69, 9.17) is 4.42 Å². The van der Waals surface area contributed by atoms with Gasteiger partial charge in [-0.1, -0.05) is 24.1 Å². The Morgan fingerprint density at radius 1 is 1.13 bits per heavy atom. The second kappa shape index (κ2) is 10.2. The van der Waals surface area contributed by atoms with Crippen LogP contribution in [-0.4, -0.2) is 38.8 Å². The van der Waals surface area contributed by atoms with Crippen molar-refractivity contribution in [3.63, 3.8) is 0 Å². The van der Waals surface area contributed by atoms with Gasteiger partial charge in [0.05, 0.1) is 6.54 Å². The number of nitrogens with one attached hydrogen (secondary N) is 2. The second-order valence-electron chi connectivity index (χ2n) is 7.88. The van der Waals surface area contributed by atoms with Gasteiger partial charge in [-0.2, -0.15) is 0 Å². The number of rotatable bonds is 7. The molecule has 0 fully saturated rings. The molecule has 8 nitrogen and oxygen atoms in total. The Bertz CT molecular complexity index is 1000. The Hall–Kier alpha value is -3.16. The molecular weight excluding hydrogens is 390 g/mol. The first-order valence-electron chi connectivity index (χ1n) is 11.2. The fraction of sp³-hybridized carbons (Fsp3) is 0.478. The number of nitrogens with zero attached hydrogens (tertiary/aromatic N) is 5. The smallest absolute Gasteiger partial charge is 0.226 e. The minimum Gasteiger partial charge on any atom is -0.444 e. The molecule has 0 aliphatic carbocycles. The van der Waals surface area contributed by atoms with Gasteiger partial charge in [0.15, 0.2) is 5.96 Å². The van der Waals surface area contributed by atoms with Gasteiger partial charge >= 0.3 is 0 Å². The Balaban J connectivity index is 1.33. The molecule has 0 amide bonds. The molecule has 0 atom stereocenters. The Morgan fingerprint density at radius 3 is 2.84 bits per heavy atom. The van der Waals surface area contributed by atoms with Gasteiger partial charge < -0.3 is 19.6 Å². The molecule has 0 saturated carbocycles. The van der Waals surface area contributed by atoms with Crippen molar-refractivity contribution >= 4 is 5.96 Å². The maximum Gasteiger partial charge on any atom is 0.226 e. The lowest BCUT2D eigenvalue weighted by Gasteiger charge is -2.11. The molecule has 3 aromatic rings. The van der Waals surface area contributed by atoms with Gasteiger partial charge in [-0.15, -0.1) is 10.2 Å². The molecule has 1 aliphatic rings. The van der Waals surface area contributed by atoms with Crippen molar-refractivity contribution in [3.05, 3.63) is 53.4 Å². The molecule has 0 spiro atoms. The van der Waals surface area contributed by atoms with Gasteiger partial charge in [0.1, 0.15) is 23.6 Å². The van der Waals surface area contributed by atoms with Crippen LogP contribution in [0.25, 0.3) is 11.5 Å². The van der Waals surface area contributed by atoms with Gasteiger partial charge in [-0.25, -0.2) is 9.98 Å².